The van der Waals surface area contributed by atoms with Gasteiger partial charge in [0.2, 0.25) is 5.88 Å². The quantitative estimate of drug-likeness (QED) is 0.705. The number of rotatable bonds is 4. The zero-order valence-electron chi connectivity index (χ0n) is 12.7. The van der Waals surface area contributed by atoms with Crippen LogP contribution in [0, 0.1) is 0 Å². The molecule has 0 unspecified atom stereocenters. The molecule has 1 heterocycles. The highest BCUT2D eigenvalue weighted by atomic mass is 16.5. The zero-order chi connectivity index (χ0) is 17.1. The van der Waals surface area contributed by atoms with E-state index in [4.69, 9.17) is 9.47 Å². The highest BCUT2D eigenvalue weighted by Gasteiger charge is 2.22. The van der Waals surface area contributed by atoms with E-state index >= 15 is 0 Å². The van der Waals surface area contributed by atoms with Gasteiger partial charge in [0.25, 0.3) is 11.5 Å². The van der Waals surface area contributed by atoms with E-state index in [1.54, 1.807) is 6.07 Å². The van der Waals surface area contributed by atoms with Crippen molar-refractivity contribution in [3.63, 3.8) is 0 Å². The lowest BCUT2D eigenvalue weighted by atomic mass is 10.2. The largest absolute Gasteiger partial charge is 0.497 e. The molecule has 9 heteroatoms. The molecule has 0 radical (unpaired) electrons. The van der Waals surface area contributed by atoms with Gasteiger partial charge in [0.15, 0.2) is 5.56 Å². The molecule has 0 aliphatic rings. The molecule has 0 spiro atoms. The Morgan fingerprint density at radius 2 is 1.96 bits per heavy atom. The number of methoxy groups -OCH3 is 2. The standard InChI is InChI=1S/C14H15N3O6/c1-15-11(18)10-12(19)16-14(21)17(13(10)20)8-6-7(22-2)4-5-9(8)23-3/h4-6,20H,1-3H3,(H,15,18)(H,16,19,21). The first-order valence-corrected chi connectivity index (χ1v) is 6.47. The number of H-pyrrole nitrogens is 1. The van der Waals surface area contributed by atoms with E-state index in [0.717, 1.165) is 4.57 Å². The molecule has 0 bridgehead atoms. The Labute approximate surface area is 130 Å². The fourth-order valence-corrected chi connectivity index (χ4v) is 2.05. The third kappa shape index (κ3) is 2.76. The zero-order valence-corrected chi connectivity index (χ0v) is 12.7. The van der Waals surface area contributed by atoms with Crippen molar-refractivity contribution in [1.82, 2.24) is 14.9 Å². The van der Waals surface area contributed by atoms with Crippen LogP contribution in [0.5, 0.6) is 17.4 Å². The van der Waals surface area contributed by atoms with E-state index in [1.165, 1.54) is 33.4 Å². The molecule has 0 saturated heterocycles. The Bertz CT molecular complexity index is 868. The lowest BCUT2D eigenvalue weighted by Gasteiger charge is -2.14. The van der Waals surface area contributed by atoms with Crippen LogP contribution in [-0.2, 0) is 0 Å². The molecule has 0 aliphatic carbocycles. The van der Waals surface area contributed by atoms with Gasteiger partial charge in [-0.25, -0.2) is 9.36 Å². The van der Waals surface area contributed by atoms with Crippen molar-refractivity contribution < 1.29 is 19.4 Å². The first-order chi connectivity index (χ1) is 10.9. The molecule has 0 aliphatic heterocycles. The van der Waals surface area contributed by atoms with E-state index in [9.17, 15) is 19.5 Å². The predicted molar refractivity (Wildman–Crippen MR) is 80.8 cm³/mol. The summed E-state index contributed by atoms with van der Waals surface area (Å²) in [6, 6.07) is 4.53. The van der Waals surface area contributed by atoms with Gasteiger partial charge in [-0.15, -0.1) is 0 Å². The van der Waals surface area contributed by atoms with Gasteiger partial charge in [-0.3, -0.25) is 14.6 Å². The minimum Gasteiger partial charge on any atom is -0.497 e. The predicted octanol–water partition coefficient (Wildman–Crippen LogP) is -0.392. The first kappa shape index (κ1) is 16.1. The smallest absolute Gasteiger partial charge is 0.335 e. The summed E-state index contributed by atoms with van der Waals surface area (Å²) >= 11 is 0. The van der Waals surface area contributed by atoms with E-state index in [0.29, 0.717) is 5.75 Å². The van der Waals surface area contributed by atoms with Gasteiger partial charge in [0.1, 0.15) is 11.5 Å². The second-order valence-corrected chi connectivity index (χ2v) is 4.41. The number of hydrogen-bond donors (Lipinski definition) is 3. The Balaban J connectivity index is 2.86. The fourth-order valence-electron chi connectivity index (χ4n) is 2.05. The maximum Gasteiger partial charge on any atom is 0.335 e. The van der Waals surface area contributed by atoms with Crippen LogP contribution in [0.25, 0.3) is 5.69 Å². The Hall–Kier alpha value is -3.23. The topological polar surface area (TPSA) is 123 Å². The average Bonchev–Trinajstić information content (AvgIpc) is 2.53. The number of aromatic amines is 1. The van der Waals surface area contributed by atoms with Crippen LogP contribution in [0.1, 0.15) is 10.4 Å². The summed E-state index contributed by atoms with van der Waals surface area (Å²) in [5.74, 6) is -1.01. The molecule has 1 aromatic heterocycles. The average molecular weight is 321 g/mol. The van der Waals surface area contributed by atoms with Gasteiger partial charge in [-0.2, -0.15) is 0 Å². The Kier molecular flexibility index (Phi) is 4.39. The molecule has 3 N–H and O–H groups in total. The highest BCUT2D eigenvalue weighted by Crippen LogP contribution is 2.29. The summed E-state index contributed by atoms with van der Waals surface area (Å²) in [5, 5.41) is 12.5. The number of nitrogens with zero attached hydrogens (tertiary/aromatic N) is 1. The van der Waals surface area contributed by atoms with Gasteiger partial charge < -0.3 is 19.9 Å². The SMILES string of the molecule is CNC(=O)c1c(O)n(-c2cc(OC)ccc2OC)c(=O)[nH]c1=O. The summed E-state index contributed by atoms with van der Waals surface area (Å²) in [5.41, 5.74) is -2.40. The van der Waals surface area contributed by atoms with E-state index in [2.05, 4.69) is 5.32 Å². The maximum atomic E-state index is 12.1. The van der Waals surface area contributed by atoms with E-state index in [1.807, 2.05) is 4.98 Å². The Morgan fingerprint density at radius 3 is 2.52 bits per heavy atom. The number of aromatic hydroxyl groups is 1. The number of hydrogen-bond acceptors (Lipinski definition) is 6. The van der Waals surface area contributed by atoms with Crippen molar-refractivity contribution in [2.45, 2.75) is 0 Å². The fraction of sp³-hybridized carbons (Fsp3) is 0.214. The molecular formula is C14H15N3O6. The van der Waals surface area contributed by atoms with Crippen molar-refractivity contribution in [2.24, 2.45) is 0 Å². The number of benzene rings is 1. The highest BCUT2D eigenvalue weighted by molar-refractivity contribution is 5.95. The maximum absolute atomic E-state index is 12.1. The van der Waals surface area contributed by atoms with Crippen LogP contribution in [0.15, 0.2) is 27.8 Å². The van der Waals surface area contributed by atoms with Gasteiger partial charge in [-0.1, -0.05) is 0 Å². The van der Waals surface area contributed by atoms with Crippen LogP contribution in [0.3, 0.4) is 0 Å². The monoisotopic (exact) mass is 321 g/mol. The lowest BCUT2D eigenvalue weighted by Crippen LogP contribution is -2.36. The second kappa shape index (κ2) is 6.26. The third-order valence-corrected chi connectivity index (χ3v) is 3.17. The van der Waals surface area contributed by atoms with Crippen molar-refractivity contribution in [3.05, 3.63) is 44.6 Å². The lowest BCUT2D eigenvalue weighted by molar-refractivity contribution is 0.0957. The first-order valence-electron chi connectivity index (χ1n) is 6.47. The summed E-state index contributed by atoms with van der Waals surface area (Å²) < 4.78 is 11.0. The molecule has 122 valence electrons. The molecule has 2 rings (SSSR count). The molecular weight excluding hydrogens is 306 g/mol. The molecule has 2 aromatic rings. The summed E-state index contributed by atoms with van der Waals surface area (Å²) in [4.78, 5) is 37.6. The Morgan fingerprint density at radius 1 is 1.26 bits per heavy atom. The van der Waals surface area contributed by atoms with Crippen molar-refractivity contribution in [3.8, 4) is 23.1 Å². The third-order valence-electron chi connectivity index (χ3n) is 3.17. The van der Waals surface area contributed by atoms with E-state index in [-0.39, 0.29) is 11.4 Å². The van der Waals surface area contributed by atoms with Crippen LogP contribution < -0.4 is 26.0 Å². The number of ether oxygens (including phenoxy) is 2. The van der Waals surface area contributed by atoms with Gasteiger partial charge in [-0.05, 0) is 12.1 Å². The van der Waals surface area contributed by atoms with Crippen LogP contribution in [0.4, 0.5) is 0 Å². The van der Waals surface area contributed by atoms with Crippen molar-refractivity contribution in [2.75, 3.05) is 21.3 Å². The summed E-state index contributed by atoms with van der Waals surface area (Å²) in [6.45, 7) is 0. The normalized spacial score (nSPS) is 10.2. The van der Waals surface area contributed by atoms with Crippen LogP contribution >= 0.6 is 0 Å². The van der Waals surface area contributed by atoms with Crippen molar-refractivity contribution in [1.29, 1.82) is 0 Å². The minimum absolute atomic E-state index is 0.107. The van der Waals surface area contributed by atoms with Crippen LogP contribution in [0.2, 0.25) is 0 Å². The molecule has 0 fully saturated rings. The second-order valence-electron chi connectivity index (χ2n) is 4.41. The molecule has 0 atom stereocenters. The minimum atomic E-state index is -0.995. The number of amides is 1. The summed E-state index contributed by atoms with van der Waals surface area (Å²) in [7, 11) is 4.10. The summed E-state index contributed by atoms with van der Waals surface area (Å²) in [6.07, 6.45) is 0. The molecule has 1 amide bonds. The number of aromatic nitrogens is 2. The molecule has 9 nitrogen and oxygen atoms in total. The van der Waals surface area contributed by atoms with Crippen LogP contribution in [-0.4, -0.2) is 41.8 Å². The van der Waals surface area contributed by atoms with Gasteiger partial charge >= 0.3 is 5.69 Å². The van der Waals surface area contributed by atoms with Gasteiger partial charge in [0.05, 0.1) is 19.9 Å². The van der Waals surface area contributed by atoms with Gasteiger partial charge in [0, 0.05) is 13.1 Å². The molecule has 0 saturated carbocycles. The number of carbonyl (C=O) groups is 1. The van der Waals surface area contributed by atoms with E-state index < -0.39 is 28.6 Å². The number of carbonyl (C=O) groups excluding carboxylic acids is 1. The number of nitrogens with one attached hydrogen (secondary N) is 2. The van der Waals surface area contributed by atoms with Crippen molar-refractivity contribution >= 4 is 5.91 Å². The molecule has 23 heavy (non-hydrogen) atoms. The molecule has 1 aromatic carbocycles.